The standard InChI is InChI=1S/C11H11ClO4S/c1-2-16-10(13)6-17-7-3-4-9(12)8(5-7)11(14)15/h3-5H,2,6H2,1H3,(H,14,15). The molecule has 0 heterocycles. The van der Waals surface area contributed by atoms with Gasteiger partial charge in [-0.25, -0.2) is 4.79 Å². The number of carbonyl (C=O) groups is 2. The molecular weight excluding hydrogens is 264 g/mol. The highest BCUT2D eigenvalue weighted by molar-refractivity contribution is 8.00. The second-order valence-corrected chi connectivity index (χ2v) is 4.50. The molecule has 0 atom stereocenters. The number of carboxylic acids is 1. The average molecular weight is 275 g/mol. The van der Waals surface area contributed by atoms with Gasteiger partial charge in [0.05, 0.1) is 22.9 Å². The number of esters is 1. The lowest BCUT2D eigenvalue weighted by molar-refractivity contribution is -0.139. The van der Waals surface area contributed by atoms with E-state index >= 15 is 0 Å². The molecule has 92 valence electrons. The Balaban J connectivity index is 2.69. The monoisotopic (exact) mass is 274 g/mol. The Morgan fingerprint density at radius 3 is 2.76 bits per heavy atom. The normalized spacial score (nSPS) is 10.0. The Morgan fingerprint density at radius 2 is 2.18 bits per heavy atom. The van der Waals surface area contributed by atoms with Crippen LogP contribution >= 0.6 is 23.4 Å². The van der Waals surface area contributed by atoms with Gasteiger partial charge >= 0.3 is 11.9 Å². The summed E-state index contributed by atoms with van der Waals surface area (Å²) < 4.78 is 4.76. The lowest BCUT2D eigenvalue weighted by atomic mass is 10.2. The topological polar surface area (TPSA) is 63.6 Å². The van der Waals surface area contributed by atoms with Crippen LogP contribution in [-0.2, 0) is 9.53 Å². The van der Waals surface area contributed by atoms with Gasteiger partial charge in [-0.2, -0.15) is 0 Å². The van der Waals surface area contributed by atoms with Crippen LogP contribution in [-0.4, -0.2) is 29.4 Å². The average Bonchev–Trinajstić information content (AvgIpc) is 2.28. The maximum atomic E-state index is 11.1. The highest BCUT2D eigenvalue weighted by Gasteiger charge is 2.10. The lowest BCUT2D eigenvalue weighted by Gasteiger charge is -2.04. The van der Waals surface area contributed by atoms with Crippen molar-refractivity contribution >= 4 is 35.3 Å². The summed E-state index contributed by atoms with van der Waals surface area (Å²) in [5.41, 5.74) is 0.0283. The van der Waals surface area contributed by atoms with Crippen molar-refractivity contribution < 1.29 is 19.4 Å². The summed E-state index contributed by atoms with van der Waals surface area (Å²) in [5.74, 6) is -1.27. The maximum Gasteiger partial charge on any atom is 0.337 e. The molecule has 17 heavy (non-hydrogen) atoms. The zero-order valence-corrected chi connectivity index (χ0v) is 10.7. The van der Waals surface area contributed by atoms with Gasteiger partial charge < -0.3 is 9.84 Å². The van der Waals surface area contributed by atoms with E-state index in [1.54, 1.807) is 13.0 Å². The molecule has 6 heteroatoms. The van der Waals surface area contributed by atoms with Gasteiger partial charge in [0, 0.05) is 4.90 Å². The molecule has 0 aliphatic rings. The molecule has 0 saturated heterocycles. The van der Waals surface area contributed by atoms with Gasteiger partial charge in [0.1, 0.15) is 0 Å². The fourth-order valence-corrected chi connectivity index (χ4v) is 2.03. The van der Waals surface area contributed by atoms with Gasteiger partial charge in [-0.05, 0) is 25.1 Å². The van der Waals surface area contributed by atoms with Crippen molar-refractivity contribution in [3.8, 4) is 0 Å². The van der Waals surface area contributed by atoms with Crippen LogP contribution in [0.5, 0.6) is 0 Å². The van der Waals surface area contributed by atoms with Crippen molar-refractivity contribution in [2.45, 2.75) is 11.8 Å². The van der Waals surface area contributed by atoms with Crippen LogP contribution in [0.4, 0.5) is 0 Å². The Hall–Kier alpha value is -1.20. The first-order valence-corrected chi connectivity index (χ1v) is 6.22. The van der Waals surface area contributed by atoms with Gasteiger partial charge in [-0.15, -0.1) is 11.8 Å². The van der Waals surface area contributed by atoms with Crippen LogP contribution in [0.2, 0.25) is 5.02 Å². The van der Waals surface area contributed by atoms with E-state index in [0.29, 0.717) is 11.5 Å². The quantitative estimate of drug-likeness (QED) is 0.661. The first-order chi connectivity index (χ1) is 8.04. The molecule has 0 saturated carbocycles. The number of carboxylic acid groups (broad SMARTS) is 1. The van der Waals surface area contributed by atoms with Crippen molar-refractivity contribution in [3.05, 3.63) is 28.8 Å². The molecule has 0 amide bonds. The molecule has 0 bridgehead atoms. The Morgan fingerprint density at radius 1 is 1.47 bits per heavy atom. The number of hydrogen-bond donors (Lipinski definition) is 1. The summed E-state index contributed by atoms with van der Waals surface area (Å²) in [6.45, 7) is 2.06. The number of hydrogen-bond acceptors (Lipinski definition) is 4. The van der Waals surface area contributed by atoms with E-state index in [1.165, 1.54) is 23.9 Å². The highest BCUT2D eigenvalue weighted by Crippen LogP contribution is 2.24. The van der Waals surface area contributed by atoms with Crippen molar-refractivity contribution in [2.75, 3.05) is 12.4 Å². The summed E-state index contributed by atoms with van der Waals surface area (Å²) in [4.78, 5) is 22.6. The van der Waals surface area contributed by atoms with Crippen LogP contribution in [0.3, 0.4) is 0 Å². The lowest BCUT2D eigenvalue weighted by Crippen LogP contribution is -2.06. The van der Waals surface area contributed by atoms with Crippen LogP contribution < -0.4 is 0 Å². The fraction of sp³-hybridized carbons (Fsp3) is 0.273. The first kappa shape index (κ1) is 13.9. The van der Waals surface area contributed by atoms with Crippen LogP contribution in [0, 0.1) is 0 Å². The molecule has 0 aliphatic heterocycles. The minimum absolute atomic E-state index is 0.0283. The third kappa shape index (κ3) is 4.28. The first-order valence-electron chi connectivity index (χ1n) is 4.86. The van der Waals surface area contributed by atoms with Crippen molar-refractivity contribution in [2.24, 2.45) is 0 Å². The SMILES string of the molecule is CCOC(=O)CSc1ccc(Cl)c(C(=O)O)c1. The number of carbonyl (C=O) groups excluding carboxylic acids is 1. The van der Waals surface area contributed by atoms with Crippen molar-refractivity contribution in [1.29, 1.82) is 0 Å². The number of ether oxygens (including phenoxy) is 1. The molecule has 0 fully saturated rings. The fourth-order valence-electron chi connectivity index (χ4n) is 1.10. The summed E-state index contributed by atoms with van der Waals surface area (Å²) >= 11 is 6.93. The Bertz CT molecular complexity index is 433. The van der Waals surface area contributed by atoms with E-state index in [1.807, 2.05) is 0 Å². The number of aromatic carboxylic acids is 1. The molecule has 0 radical (unpaired) electrons. The Labute approximate surface area is 108 Å². The molecule has 1 aromatic rings. The second-order valence-electron chi connectivity index (χ2n) is 3.04. The van der Waals surface area contributed by atoms with E-state index in [4.69, 9.17) is 21.4 Å². The Kier molecular flexibility index (Phi) is 5.31. The molecule has 1 N–H and O–H groups in total. The van der Waals surface area contributed by atoms with Gasteiger partial charge in [0.15, 0.2) is 0 Å². The molecule has 0 unspecified atom stereocenters. The minimum Gasteiger partial charge on any atom is -0.478 e. The van der Waals surface area contributed by atoms with Gasteiger partial charge in [-0.1, -0.05) is 11.6 Å². The zero-order chi connectivity index (χ0) is 12.8. The van der Waals surface area contributed by atoms with Crippen LogP contribution in [0.15, 0.2) is 23.1 Å². The number of rotatable bonds is 5. The predicted octanol–water partition coefficient (Wildman–Crippen LogP) is 2.69. The third-order valence-electron chi connectivity index (χ3n) is 1.83. The zero-order valence-electron chi connectivity index (χ0n) is 9.10. The van der Waals surface area contributed by atoms with Gasteiger partial charge in [-0.3, -0.25) is 4.79 Å². The summed E-state index contributed by atoms with van der Waals surface area (Å²) in [6.07, 6.45) is 0. The molecule has 1 aromatic carbocycles. The molecule has 4 nitrogen and oxygen atoms in total. The van der Waals surface area contributed by atoms with E-state index in [-0.39, 0.29) is 22.3 Å². The highest BCUT2D eigenvalue weighted by atomic mass is 35.5. The molecule has 0 spiro atoms. The van der Waals surface area contributed by atoms with Crippen LogP contribution in [0.1, 0.15) is 17.3 Å². The summed E-state index contributed by atoms with van der Waals surface area (Å²) in [5, 5.41) is 9.05. The smallest absolute Gasteiger partial charge is 0.337 e. The predicted molar refractivity (Wildman–Crippen MR) is 65.8 cm³/mol. The maximum absolute atomic E-state index is 11.1. The van der Waals surface area contributed by atoms with Crippen molar-refractivity contribution in [3.63, 3.8) is 0 Å². The molecule has 1 rings (SSSR count). The van der Waals surface area contributed by atoms with E-state index in [2.05, 4.69) is 0 Å². The molecule has 0 aliphatic carbocycles. The van der Waals surface area contributed by atoms with E-state index in [0.717, 1.165) is 0 Å². The number of halogens is 1. The van der Waals surface area contributed by atoms with Crippen LogP contribution in [0.25, 0.3) is 0 Å². The van der Waals surface area contributed by atoms with Crippen molar-refractivity contribution in [1.82, 2.24) is 0 Å². The van der Waals surface area contributed by atoms with Gasteiger partial charge in [0.25, 0.3) is 0 Å². The molecule has 0 aromatic heterocycles. The number of thioether (sulfide) groups is 1. The summed E-state index contributed by atoms with van der Waals surface area (Å²) in [7, 11) is 0. The number of benzene rings is 1. The largest absolute Gasteiger partial charge is 0.478 e. The van der Waals surface area contributed by atoms with E-state index in [9.17, 15) is 9.59 Å². The third-order valence-corrected chi connectivity index (χ3v) is 3.13. The minimum atomic E-state index is -1.09. The van der Waals surface area contributed by atoms with Gasteiger partial charge in [0.2, 0.25) is 0 Å². The van der Waals surface area contributed by atoms with E-state index < -0.39 is 5.97 Å². The summed E-state index contributed by atoms with van der Waals surface area (Å²) in [6, 6.07) is 4.60. The second kappa shape index (κ2) is 6.51. The molecular formula is C11H11ClO4S.